The highest BCUT2D eigenvalue weighted by atomic mass is 32.2. The normalized spacial score (nSPS) is 20.5. The van der Waals surface area contributed by atoms with E-state index in [1.807, 2.05) is 19.1 Å². The molecule has 0 aliphatic carbocycles. The molecular formula is C21H25F2N3O3S. The molecule has 1 aromatic heterocycles. The number of amides is 1. The largest absolute Gasteiger partial charge is 0.345 e. The van der Waals surface area contributed by atoms with Crippen LogP contribution in [0.1, 0.15) is 48.7 Å². The molecule has 0 saturated carbocycles. The summed E-state index contributed by atoms with van der Waals surface area (Å²) in [5.74, 6) is -2.71. The number of carbonyl (C=O) groups is 1. The Hall–Kier alpha value is -2.52. The molecule has 1 amide bonds. The van der Waals surface area contributed by atoms with Gasteiger partial charge in [0.2, 0.25) is 10.0 Å². The number of nitrogens with one attached hydrogen (secondary N) is 2. The second kappa shape index (κ2) is 9.09. The van der Waals surface area contributed by atoms with Gasteiger partial charge in [-0.15, -0.1) is 0 Å². The molecule has 2 heterocycles. The van der Waals surface area contributed by atoms with Crippen LogP contribution in [-0.2, 0) is 23.5 Å². The summed E-state index contributed by atoms with van der Waals surface area (Å²) in [6.07, 6.45) is 8.96. The van der Waals surface area contributed by atoms with Crippen LogP contribution in [0.15, 0.2) is 41.4 Å². The molecule has 3 rings (SSSR count). The van der Waals surface area contributed by atoms with Gasteiger partial charge in [-0.25, -0.2) is 21.9 Å². The Kier molecular flexibility index (Phi) is 6.72. The predicted octanol–water partition coefficient (Wildman–Crippen LogP) is 3.90. The van der Waals surface area contributed by atoms with E-state index in [2.05, 4.69) is 10.0 Å². The van der Waals surface area contributed by atoms with Gasteiger partial charge in [0.05, 0.1) is 0 Å². The first-order chi connectivity index (χ1) is 14.2. The lowest BCUT2D eigenvalue weighted by molar-refractivity contribution is 0.101. The number of allylic oxidation sites excluding steroid dienone is 2. The zero-order valence-electron chi connectivity index (χ0n) is 16.9. The number of benzene rings is 1. The van der Waals surface area contributed by atoms with E-state index >= 15 is 0 Å². The molecule has 1 atom stereocenters. The van der Waals surface area contributed by atoms with E-state index < -0.39 is 27.6 Å². The lowest BCUT2D eigenvalue weighted by Crippen LogP contribution is -2.33. The fraction of sp³-hybridized carbons (Fsp3) is 0.381. The Labute approximate surface area is 175 Å². The molecular weight excluding hydrogens is 412 g/mol. The van der Waals surface area contributed by atoms with Crippen molar-refractivity contribution in [3.8, 4) is 0 Å². The van der Waals surface area contributed by atoms with Crippen molar-refractivity contribution in [2.45, 2.75) is 50.0 Å². The van der Waals surface area contributed by atoms with Crippen LogP contribution in [0, 0.1) is 11.6 Å². The smallest absolute Gasteiger partial charge is 0.272 e. The fourth-order valence-electron chi connectivity index (χ4n) is 3.56. The highest BCUT2D eigenvalue weighted by molar-refractivity contribution is 7.89. The monoisotopic (exact) mass is 437 g/mol. The molecule has 1 aliphatic heterocycles. The Morgan fingerprint density at radius 3 is 2.70 bits per heavy atom. The summed E-state index contributed by atoms with van der Waals surface area (Å²) in [6, 6.07) is 2.80. The maximum absolute atomic E-state index is 13.5. The van der Waals surface area contributed by atoms with E-state index in [4.69, 9.17) is 0 Å². The van der Waals surface area contributed by atoms with Crippen LogP contribution in [0.2, 0.25) is 0 Å². The number of aromatic nitrogens is 1. The molecule has 0 spiro atoms. The van der Waals surface area contributed by atoms with Crippen molar-refractivity contribution in [2.24, 2.45) is 7.05 Å². The summed E-state index contributed by atoms with van der Waals surface area (Å²) in [5.41, 5.74) is 0.579. The summed E-state index contributed by atoms with van der Waals surface area (Å²) in [5, 5.41) is 2.52. The lowest BCUT2D eigenvalue weighted by atomic mass is 10.1. The van der Waals surface area contributed by atoms with Gasteiger partial charge in [-0.1, -0.05) is 18.6 Å². The predicted molar refractivity (Wildman–Crippen MR) is 111 cm³/mol. The average Bonchev–Trinajstić information content (AvgIpc) is 3.00. The Morgan fingerprint density at radius 2 is 1.97 bits per heavy atom. The fourth-order valence-corrected chi connectivity index (χ4v) is 5.13. The van der Waals surface area contributed by atoms with Crippen molar-refractivity contribution in [1.29, 1.82) is 0 Å². The van der Waals surface area contributed by atoms with Crippen molar-refractivity contribution in [2.75, 3.05) is 5.32 Å². The quantitative estimate of drug-likeness (QED) is 0.700. The molecule has 1 aliphatic rings. The third-order valence-electron chi connectivity index (χ3n) is 5.03. The third-order valence-corrected chi connectivity index (χ3v) is 6.68. The van der Waals surface area contributed by atoms with E-state index in [0.29, 0.717) is 5.56 Å². The van der Waals surface area contributed by atoms with Gasteiger partial charge in [-0.3, -0.25) is 4.79 Å². The zero-order valence-corrected chi connectivity index (χ0v) is 17.7. The van der Waals surface area contributed by atoms with Gasteiger partial charge in [0.1, 0.15) is 10.6 Å². The maximum Gasteiger partial charge on any atom is 0.272 e. The van der Waals surface area contributed by atoms with E-state index in [0.717, 1.165) is 37.8 Å². The summed E-state index contributed by atoms with van der Waals surface area (Å²) in [6.45, 7) is 1.82. The van der Waals surface area contributed by atoms with Gasteiger partial charge in [-0.2, -0.15) is 0 Å². The molecule has 6 nitrogen and oxygen atoms in total. The number of rotatable bonds is 2. The van der Waals surface area contributed by atoms with E-state index in [9.17, 15) is 22.0 Å². The van der Waals surface area contributed by atoms with Crippen LogP contribution in [-0.4, -0.2) is 24.9 Å². The number of anilines is 1. The number of hydrogen-bond acceptors (Lipinski definition) is 3. The van der Waals surface area contributed by atoms with Crippen molar-refractivity contribution in [1.82, 2.24) is 9.29 Å². The number of nitrogens with zero attached hydrogens (tertiary/aromatic N) is 1. The van der Waals surface area contributed by atoms with Crippen molar-refractivity contribution >= 4 is 21.6 Å². The summed E-state index contributed by atoms with van der Waals surface area (Å²) < 4.78 is 56.7. The minimum Gasteiger partial charge on any atom is -0.345 e. The topological polar surface area (TPSA) is 80.2 Å². The minimum atomic E-state index is -3.83. The zero-order chi connectivity index (χ0) is 21.9. The van der Waals surface area contributed by atoms with E-state index in [1.54, 1.807) is 7.05 Å². The summed E-state index contributed by atoms with van der Waals surface area (Å²) in [4.78, 5) is 13.0. The Bertz CT molecular complexity index is 1080. The molecule has 0 radical (unpaired) electrons. The number of hydrogen-bond donors (Lipinski definition) is 2. The molecule has 2 N–H and O–H groups in total. The van der Waals surface area contributed by atoms with Crippen LogP contribution >= 0.6 is 0 Å². The Morgan fingerprint density at radius 1 is 1.20 bits per heavy atom. The molecule has 1 aromatic carbocycles. The highest BCUT2D eigenvalue weighted by Gasteiger charge is 2.28. The van der Waals surface area contributed by atoms with Crippen LogP contribution in [0.5, 0.6) is 0 Å². The number of sulfonamides is 1. The van der Waals surface area contributed by atoms with Gasteiger partial charge in [0.25, 0.3) is 5.91 Å². The van der Waals surface area contributed by atoms with Crippen LogP contribution in [0.4, 0.5) is 14.5 Å². The molecule has 0 fully saturated rings. The maximum atomic E-state index is 13.5. The van der Waals surface area contributed by atoms with Crippen molar-refractivity contribution in [3.05, 3.63) is 59.4 Å². The first kappa shape index (κ1) is 22.2. The molecule has 0 saturated heterocycles. The number of halogens is 2. The molecule has 2 aromatic rings. The third kappa shape index (κ3) is 4.96. The molecule has 1 unspecified atom stereocenters. The first-order valence-electron chi connectivity index (χ1n) is 9.81. The number of fused-ring (bicyclic) bond motifs is 1. The lowest BCUT2D eigenvalue weighted by Gasteiger charge is -2.15. The van der Waals surface area contributed by atoms with Gasteiger partial charge in [0.15, 0.2) is 11.6 Å². The minimum absolute atomic E-state index is 0.0394. The molecule has 162 valence electrons. The summed E-state index contributed by atoms with van der Waals surface area (Å²) in [7, 11) is -2.26. The first-order valence-corrected chi connectivity index (χ1v) is 11.3. The van der Waals surface area contributed by atoms with Gasteiger partial charge >= 0.3 is 0 Å². The average molecular weight is 438 g/mol. The van der Waals surface area contributed by atoms with Crippen molar-refractivity contribution < 1.29 is 22.0 Å². The van der Waals surface area contributed by atoms with Crippen molar-refractivity contribution in [3.63, 3.8) is 0 Å². The van der Waals surface area contributed by atoms with Gasteiger partial charge < -0.3 is 9.88 Å². The number of aryl methyl sites for hydroxylation is 1. The van der Waals surface area contributed by atoms with Crippen LogP contribution in [0.3, 0.4) is 0 Å². The molecule has 30 heavy (non-hydrogen) atoms. The van der Waals surface area contributed by atoms with E-state index in [1.165, 1.54) is 16.8 Å². The van der Waals surface area contributed by atoms with Crippen LogP contribution in [0.25, 0.3) is 0 Å². The molecule has 9 heteroatoms. The second-order valence-corrected chi connectivity index (χ2v) is 9.18. The Balaban J connectivity index is 2.01. The second-order valence-electron chi connectivity index (χ2n) is 7.50. The SMILES string of the molecule is CC1CCCC/C=C/Cc2c(cn(C)c2C(=O)Nc2ccc(F)c(F)c2)S(=O)(=O)N1. The standard InChI is InChI=1S/C21H25F2N3O3S/c1-14-8-6-4-3-5-7-9-16-19(30(28,29)25-14)13-26(2)20(16)21(27)24-15-10-11-17(22)18(23)12-15/h5,7,10-14,25H,3-4,6,8-9H2,1-2H3,(H,24,27)/b7-5+. The van der Waals surface area contributed by atoms with E-state index in [-0.39, 0.29) is 28.7 Å². The van der Waals surface area contributed by atoms with Gasteiger partial charge in [0, 0.05) is 36.6 Å². The van der Waals surface area contributed by atoms with Crippen LogP contribution < -0.4 is 10.0 Å². The number of carbonyl (C=O) groups excluding carboxylic acids is 1. The highest BCUT2D eigenvalue weighted by Crippen LogP contribution is 2.25. The summed E-state index contributed by atoms with van der Waals surface area (Å²) >= 11 is 0. The molecule has 0 bridgehead atoms. The van der Waals surface area contributed by atoms with Gasteiger partial charge in [-0.05, 0) is 44.7 Å².